The van der Waals surface area contributed by atoms with E-state index in [4.69, 9.17) is 4.74 Å². The number of methoxy groups -OCH3 is 1. The molecule has 0 aliphatic heterocycles. The molecule has 0 aromatic carbocycles. The summed E-state index contributed by atoms with van der Waals surface area (Å²) in [5.74, 6) is 0.367. The van der Waals surface area contributed by atoms with Gasteiger partial charge in [0.25, 0.3) is 0 Å². The first-order valence-electron chi connectivity index (χ1n) is 9.75. The molecule has 7 nitrogen and oxygen atoms in total. The first-order valence-corrected chi connectivity index (χ1v) is 10.7. The molecule has 0 unspecified atom stereocenters. The Morgan fingerprint density at radius 1 is 1.50 bits per heavy atom. The molecule has 8 heteroatoms. The molecular formula is C20H30N4O3S. The summed E-state index contributed by atoms with van der Waals surface area (Å²) in [6.45, 7) is 5.76. The number of nitrogens with one attached hydrogen (secondary N) is 3. The van der Waals surface area contributed by atoms with Gasteiger partial charge in [-0.25, -0.2) is 4.98 Å². The van der Waals surface area contributed by atoms with E-state index in [0.717, 1.165) is 11.5 Å². The number of hydrogen-bond donors (Lipinski definition) is 4. The second-order valence-electron chi connectivity index (χ2n) is 7.64. The highest BCUT2D eigenvalue weighted by Gasteiger charge is 2.47. The molecule has 1 fully saturated rings. The van der Waals surface area contributed by atoms with E-state index >= 15 is 0 Å². The normalized spacial score (nSPS) is 24.8. The zero-order chi connectivity index (χ0) is 20.1. The van der Waals surface area contributed by atoms with Crippen molar-refractivity contribution in [3.05, 3.63) is 40.1 Å². The van der Waals surface area contributed by atoms with Crippen LogP contribution < -0.4 is 10.6 Å². The summed E-state index contributed by atoms with van der Waals surface area (Å²) in [6.07, 6.45) is 1.60. The molecule has 1 aliphatic carbocycles. The van der Waals surface area contributed by atoms with Crippen LogP contribution in [0, 0.1) is 5.92 Å². The van der Waals surface area contributed by atoms with Crippen LogP contribution in [0.1, 0.15) is 49.2 Å². The fourth-order valence-corrected chi connectivity index (χ4v) is 4.45. The first kappa shape index (κ1) is 21.0. The molecular weight excluding hydrogens is 376 g/mol. The van der Waals surface area contributed by atoms with E-state index in [0.29, 0.717) is 26.1 Å². The van der Waals surface area contributed by atoms with Gasteiger partial charge in [0, 0.05) is 50.0 Å². The molecule has 2 aromatic heterocycles. The zero-order valence-electron chi connectivity index (χ0n) is 16.6. The van der Waals surface area contributed by atoms with Crippen molar-refractivity contribution >= 4 is 17.2 Å². The molecule has 1 aliphatic rings. The number of hydrogen-bond acceptors (Lipinski definition) is 6. The molecule has 0 spiro atoms. The van der Waals surface area contributed by atoms with Gasteiger partial charge in [-0.3, -0.25) is 4.79 Å². The molecule has 0 bridgehead atoms. The van der Waals surface area contributed by atoms with Crippen molar-refractivity contribution in [2.45, 2.75) is 50.8 Å². The number of aliphatic hydroxyl groups excluding tert-OH is 1. The number of imidazole rings is 1. The molecule has 28 heavy (non-hydrogen) atoms. The quantitative estimate of drug-likeness (QED) is 0.477. The Hall–Kier alpha value is -1.74. The number of aliphatic hydroxyl groups is 1. The van der Waals surface area contributed by atoms with Gasteiger partial charge in [-0.05, 0) is 28.8 Å². The molecule has 154 valence electrons. The number of nitrogens with zero attached hydrogens (tertiary/aromatic N) is 1. The zero-order valence-corrected chi connectivity index (χ0v) is 17.5. The number of aromatic amines is 1. The van der Waals surface area contributed by atoms with E-state index < -0.39 is 12.0 Å². The lowest BCUT2D eigenvalue weighted by molar-refractivity contribution is -0.127. The van der Waals surface area contributed by atoms with Crippen molar-refractivity contribution in [2.24, 2.45) is 5.92 Å². The van der Waals surface area contributed by atoms with Crippen molar-refractivity contribution in [2.75, 3.05) is 20.3 Å². The van der Waals surface area contributed by atoms with Crippen molar-refractivity contribution < 1.29 is 14.6 Å². The Bertz CT molecular complexity index is 746. The van der Waals surface area contributed by atoms with Gasteiger partial charge in [-0.1, -0.05) is 13.8 Å². The molecule has 0 saturated heterocycles. The molecule has 1 saturated carbocycles. The summed E-state index contributed by atoms with van der Waals surface area (Å²) in [5.41, 5.74) is 2.09. The van der Waals surface area contributed by atoms with Crippen molar-refractivity contribution in [3.63, 3.8) is 0 Å². The first-order chi connectivity index (χ1) is 13.5. The van der Waals surface area contributed by atoms with Crippen molar-refractivity contribution in [1.29, 1.82) is 0 Å². The third-order valence-electron chi connectivity index (χ3n) is 5.33. The maximum absolute atomic E-state index is 12.6. The van der Waals surface area contributed by atoms with Crippen LogP contribution in [-0.4, -0.2) is 53.4 Å². The minimum atomic E-state index is -0.775. The van der Waals surface area contributed by atoms with Gasteiger partial charge in [0.05, 0.1) is 18.6 Å². The van der Waals surface area contributed by atoms with Crippen LogP contribution in [0.15, 0.2) is 23.0 Å². The summed E-state index contributed by atoms with van der Waals surface area (Å²) in [5, 5.41) is 21.6. The Balaban J connectivity index is 1.75. The highest BCUT2D eigenvalue weighted by Crippen LogP contribution is 2.39. The van der Waals surface area contributed by atoms with Crippen LogP contribution in [-0.2, 0) is 16.1 Å². The molecule has 3 rings (SSSR count). The minimum Gasteiger partial charge on any atom is -0.392 e. The van der Waals surface area contributed by atoms with Crippen LogP contribution in [0.3, 0.4) is 0 Å². The van der Waals surface area contributed by atoms with Gasteiger partial charge in [0.2, 0.25) is 5.91 Å². The van der Waals surface area contributed by atoms with Crippen LogP contribution in [0.4, 0.5) is 0 Å². The summed E-state index contributed by atoms with van der Waals surface area (Å²) < 4.78 is 5.00. The smallest absolute Gasteiger partial charge is 0.225 e. The van der Waals surface area contributed by atoms with E-state index in [1.54, 1.807) is 24.6 Å². The van der Waals surface area contributed by atoms with Crippen LogP contribution in [0.25, 0.3) is 0 Å². The van der Waals surface area contributed by atoms with Crippen LogP contribution in [0.5, 0.6) is 0 Å². The number of H-pyrrole nitrogens is 1. The molecule has 0 radical (unpaired) electrons. The Morgan fingerprint density at radius 3 is 2.96 bits per heavy atom. The number of rotatable bonds is 9. The van der Waals surface area contributed by atoms with Gasteiger partial charge < -0.3 is 25.5 Å². The maximum atomic E-state index is 12.6. The second kappa shape index (κ2) is 9.65. The number of ether oxygens (including phenoxy) is 1. The summed E-state index contributed by atoms with van der Waals surface area (Å²) in [4.78, 5) is 20.4. The van der Waals surface area contributed by atoms with Crippen LogP contribution in [0.2, 0.25) is 0 Å². The molecule has 2 heterocycles. The molecule has 1 amide bonds. The fraction of sp³-hybridized carbons (Fsp3) is 0.600. The van der Waals surface area contributed by atoms with E-state index in [1.807, 2.05) is 5.38 Å². The summed E-state index contributed by atoms with van der Waals surface area (Å²) in [6, 6.07) is 2.06. The molecule has 4 N–H and O–H groups in total. The van der Waals surface area contributed by atoms with Gasteiger partial charge in [0.1, 0.15) is 5.82 Å². The summed E-state index contributed by atoms with van der Waals surface area (Å²) >= 11 is 1.66. The van der Waals surface area contributed by atoms with Crippen molar-refractivity contribution in [1.82, 2.24) is 20.6 Å². The predicted molar refractivity (Wildman–Crippen MR) is 109 cm³/mol. The third-order valence-corrected chi connectivity index (χ3v) is 6.07. The highest BCUT2D eigenvalue weighted by atomic mass is 32.1. The molecule has 2 aromatic rings. The van der Waals surface area contributed by atoms with E-state index in [1.165, 1.54) is 5.56 Å². The highest BCUT2D eigenvalue weighted by molar-refractivity contribution is 7.07. The largest absolute Gasteiger partial charge is 0.392 e. The molecule has 4 atom stereocenters. The average molecular weight is 407 g/mol. The number of thiophene rings is 1. The van der Waals surface area contributed by atoms with Crippen LogP contribution >= 0.6 is 11.3 Å². The number of carbonyl (C=O) groups is 1. The Labute approximate surface area is 169 Å². The van der Waals surface area contributed by atoms with E-state index in [-0.39, 0.29) is 23.8 Å². The van der Waals surface area contributed by atoms with Crippen molar-refractivity contribution in [3.8, 4) is 0 Å². The SMILES string of the molecule is COCCNC(=O)[C@H]1C[C@@H](NCc2ccsc2)[C@H](c2cnc(C(C)C)[nH]2)[C@@H]1O. The van der Waals surface area contributed by atoms with Gasteiger partial charge in [-0.15, -0.1) is 0 Å². The van der Waals surface area contributed by atoms with Gasteiger partial charge >= 0.3 is 0 Å². The standard InChI is InChI=1S/C20H30N4O3S/c1-12(2)19-23-10-16(24-19)17-15(22-9-13-4-7-28-11-13)8-14(18(17)25)20(26)21-5-6-27-3/h4,7,10-12,14-15,17-18,22,25H,5-6,8-9H2,1-3H3,(H,21,26)(H,23,24)/t14-,15+,17+,18+/m0/s1. The number of amides is 1. The minimum absolute atomic E-state index is 0.0199. The Kier molecular flexibility index (Phi) is 7.23. The lowest BCUT2D eigenvalue weighted by Gasteiger charge is -2.22. The Morgan fingerprint density at radius 2 is 2.32 bits per heavy atom. The summed E-state index contributed by atoms with van der Waals surface area (Å²) in [7, 11) is 1.60. The predicted octanol–water partition coefficient (Wildman–Crippen LogP) is 1.98. The number of aromatic nitrogens is 2. The second-order valence-corrected chi connectivity index (χ2v) is 8.42. The van der Waals surface area contributed by atoms with E-state index in [2.05, 4.69) is 45.9 Å². The fourth-order valence-electron chi connectivity index (χ4n) is 3.78. The lowest BCUT2D eigenvalue weighted by atomic mass is 9.96. The topological polar surface area (TPSA) is 99.3 Å². The lowest BCUT2D eigenvalue weighted by Crippen LogP contribution is -2.37. The number of carbonyl (C=O) groups excluding carboxylic acids is 1. The van der Waals surface area contributed by atoms with Gasteiger partial charge in [0.15, 0.2) is 0 Å². The third kappa shape index (κ3) is 4.81. The monoisotopic (exact) mass is 406 g/mol. The van der Waals surface area contributed by atoms with Gasteiger partial charge in [-0.2, -0.15) is 11.3 Å². The van der Waals surface area contributed by atoms with E-state index in [9.17, 15) is 9.90 Å². The average Bonchev–Trinajstić information content (AvgIpc) is 3.40. The maximum Gasteiger partial charge on any atom is 0.225 e.